The molecule has 1 unspecified atom stereocenters. The van der Waals surface area contributed by atoms with E-state index in [9.17, 15) is 9.90 Å². The molecule has 0 bridgehead atoms. The molecular weight excluding hydrogens is 252 g/mol. The fraction of sp³-hybridized carbons (Fsp3) is 0.188. The molecule has 0 aliphatic rings. The van der Waals surface area contributed by atoms with Crippen molar-refractivity contribution < 1.29 is 9.90 Å². The van der Waals surface area contributed by atoms with Gasteiger partial charge in [0.25, 0.3) is 0 Å². The van der Waals surface area contributed by atoms with Crippen LogP contribution in [0.5, 0.6) is 0 Å². The minimum absolute atomic E-state index is 0.272. The van der Waals surface area contributed by atoms with Gasteiger partial charge in [0.1, 0.15) is 0 Å². The predicted octanol–water partition coefficient (Wildman–Crippen LogP) is 2.87. The number of rotatable bonds is 5. The first-order valence-corrected chi connectivity index (χ1v) is 6.49. The lowest BCUT2D eigenvalue weighted by Crippen LogP contribution is -2.35. The lowest BCUT2D eigenvalue weighted by molar-refractivity contribution is 0.139. The van der Waals surface area contributed by atoms with E-state index >= 15 is 0 Å². The van der Waals surface area contributed by atoms with Crippen molar-refractivity contribution in [1.29, 1.82) is 0 Å². The van der Waals surface area contributed by atoms with Crippen LogP contribution in [0.1, 0.15) is 17.2 Å². The highest BCUT2D eigenvalue weighted by Gasteiger charge is 2.17. The molecule has 20 heavy (non-hydrogen) atoms. The van der Waals surface area contributed by atoms with Crippen molar-refractivity contribution in [2.75, 3.05) is 6.54 Å². The quantitative estimate of drug-likeness (QED) is 0.878. The van der Waals surface area contributed by atoms with Crippen LogP contribution in [0.3, 0.4) is 0 Å². The van der Waals surface area contributed by atoms with E-state index in [0.29, 0.717) is 6.54 Å². The van der Waals surface area contributed by atoms with Crippen molar-refractivity contribution in [3.8, 4) is 0 Å². The molecule has 0 radical (unpaired) electrons. The van der Waals surface area contributed by atoms with E-state index in [2.05, 4.69) is 0 Å². The first-order chi connectivity index (χ1) is 9.66. The van der Waals surface area contributed by atoms with Crippen LogP contribution in [-0.2, 0) is 6.54 Å². The summed E-state index contributed by atoms with van der Waals surface area (Å²) in [6.45, 7) is 0.616. The Morgan fingerprint density at radius 3 is 2.15 bits per heavy atom. The maximum atomic E-state index is 11.3. The van der Waals surface area contributed by atoms with Gasteiger partial charge in [0, 0.05) is 19.1 Å². The third-order valence-corrected chi connectivity index (χ3v) is 3.13. The Labute approximate surface area is 118 Å². The van der Waals surface area contributed by atoms with Gasteiger partial charge in [0.15, 0.2) is 0 Å². The monoisotopic (exact) mass is 270 g/mol. The Balaban J connectivity index is 2.05. The van der Waals surface area contributed by atoms with Crippen molar-refractivity contribution >= 4 is 6.09 Å². The van der Waals surface area contributed by atoms with E-state index in [1.54, 1.807) is 0 Å². The number of hydrogen-bond donors (Lipinski definition) is 2. The maximum Gasteiger partial charge on any atom is 0.407 e. The molecule has 2 aromatic carbocycles. The number of carbonyl (C=O) groups is 1. The molecular formula is C16H18N2O2. The molecule has 3 N–H and O–H groups in total. The van der Waals surface area contributed by atoms with Gasteiger partial charge in [-0.2, -0.15) is 0 Å². The summed E-state index contributed by atoms with van der Waals surface area (Å²) in [5.74, 6) is 0. The molecule has 1 atom stereocenters. The van der Waals surface area contributed by atoms with E-state index < -0.39 is 6.09 Å². The highest BCUT2D eigenvalue weighted by Crippen LogP contribution is 2.13. The van der Waals surface area contributed by atoms with Crippen LogP contribution in [0.4, 0.5) is 4.79 Å². The van der Waals surface area contributed by atoms with Gasteiger partial charge in [-0.25, -0.2) is 4.79 Å². The molecule has 4 nitrogen and oxygen atoms in total. The Morgan fingerprint density at radius 2 is 1.60 bits per heavy atom. The van der Waals surface area contributed by atoms with Crippen LogP contribution >= 0.6 is 0 Å². The van der Waals surface area contributed by atoms with E-state index in [1.807, 2.05) is 60.7 Å². The summed E-state index contributed by atoms with van der Waals surface area (Å²) in [5.41, 5.74) is 7.97. The fourth-order valence-corrected chi connectivity index (χ4v) is 2.06. The summed E-state index contributed by atoms with van der Waals surface area (Å²) in [6.07, 6.45) is -0.958. The minimum Gasteiger partial charge on any atom is -0.465 e. The zero-order valence-electron chi connectivity index (χ0n) is 11.1. The molecule has 2 aromatic rings. The van der Waals surface area contributed by atoms with Crippen LogP contribution in [0.25, 0.3) is 0 Å². The summed E-state index contributed by atoms with van der Waals surface area (Å²) in [4.78, 5) is 12.7. The van der Waals surface area contributed by atoms with Gasteiger partial charge in [-0.05, 0) is 11.1 Å². The molecule has 0 heterocycles. The van der Waals surface area contributed by atoms with Gasteiger partial charge in [0.2, 0.25) is 0 Å². The number of nitrogens with two attached hydrogens (primary N) is 1. The second kappa shape index (κ2) is 6.73. The van der Waals surface area contributed by atoms with Gasteiger partial charge >= 0.3 is 6.09 Å². The number of hydrogen-bond acceptors (Lipinski definition) is 2. The zero-order chi connectivity index (χ0) is 14.4. The molecule has 0 saturated carbocycles. The lowest BCUT2D eigenvalue weighted by Gasteiger charge is -2.23. The van der Waals surface area contributed by atoms with Crippen molar-refractivity contribution in [2.24, 2.45) is 5.73 Å². The summed E-state index contributed by atoms with van der Waals surface area (Å²) in [7, 11) is 0. The molecule has 1 amide bonds. The standard InChI is InChI=1S/C16H18N2O2/c17-15(14-9-5-2-6-10-14)12-18(16(19)20)11-13-7-3-1-4-8-13/h1-10,15H,11-12,17H2,(H,19,20). The van der Waals surface area contributed by atoms with E-state index in [0.717, 1.165) is 11.1 Å². The molecule has 4 heteroatoms. The van der Waals surface area contributed by atoms with Crippen molar-refractivity contribution in [1.82, 2.24) is 4.90 Å². The fourth-order valence-electron chi connectivity index (χ4n) is 2.06. The van der Waals surface area contributed by atoms with E-state index in [1.165, 1.54) is 4.90 Å². The molecule has 0 aromatic heterocycles. The Morgan fingerprint density at radius 1 is 1.05 bits per heavy atom. The van der Waals surface area contributed by atoms with Gasteiger partial charge in [0.05, 0.1) is 0 Å². The highest BCUT2D eigenvalue weighted by atomic mass is 16.4. The normalized spacial score (nSPS) is 11.8. The van der Waals surface area contributed by atoms with Crippen LogP contribution in [0.2, 0.25) is 0 Å². The SMILES string of the molecule is NC(CN(Cc1ccccc1)C(=O)O)c1ccccc1. The Bertz CT molecular complexity index is 543. The Hall–Kier alpha value is -2.33. The van der Waals surface area contributed by atoms with Crippen molar-refractivity contribution in [3.63, 3.8) is 0 Å². The van der Waals surface area contributed by atoms with Crippen LogP contribution < -0.4 is 5.73 Å². The van der Waals surface area contributed by atoms with Crippen LogP contribution in [0.15, 0.2) is 60.7 Å². The minimum atomic E-state index is -0.958. The van der Waals surface area contributed by atoms with Gasteiger partial charge in [-0.1, -0.05) is 60.7 Å². The second-order valence-corrected chi connectivity index (χ2v) is 4.67. The van der Waals surface area contributed by atoms with Gasteiger partial charge in [-0.3, -0.25) is 0 Å². The average Bonchev–Trinajstić information content (AvgIpc) is 2.48. The molecule has 0 aliphatic carbocycles. The highest BCUT2D eigenvalue weighted by molar-refractivity contribution is 5.65. The number of benzene rings is 2. The topological polar surface area (TPSA) is 66.6 Å². The summed E-state index contributed by atoms with van der Waals surface area (Å²) in [5, 5.41) is 9.30. The summed E-state index contributed by atoms with van der Waals surface area (Å²) in [6, 6.07) is 18.7. The number of amides is 1. The van der Waals surface area contributed by atoms with Gasteiger partial charge in [-0.15, -0.1) is 0 Å². The lowest BCUT2D eigenvalue weighted by atomic mass is 10.1. The number of nitrogens with zero attached hydrogens (tertiary/aromatic N) is 1. The predicted molar refractivity (Wildman–Crippen MR) is 78.2 cm³/mol. The van der Waals surface area contributed by atoms with Gasteiger partial charge < -0.3 is 15.7 Å². The number of carboxylic acid groups (broad SMARTS) is 1. The maximum absolute atomic E-state index is 11.3. The molecule has 0 spiro atoms. The molecule has 0 fully saturated rings. The van der Waals surface area contributed by atoms with Crippen molar-refractivity contribution in [3.05, 3.63) is 71.8 Å². The summed E-state index contributed by atoms with van der Waals surface area (Å²) >= 11 is 0. The van der Waals surface area contributed by atoms with E-state index in [-0.39, 0.29) is 12.6 Å². The Kier molecular flexibility index (Phi) is 4.74. The molecule has 0 saturated heterocycles. The molecule has 2 rings (SSSR count). The third kappa shape index (κ3) is 3.83. The van der Waals surface area contributed by atoms with Crippen LogP contribution in [-0.4, -0.2) is 22.6 Å². The average molecular weight is 270 g/mol. The van der Waals surface area contributed by atoms with Crippen molar-refractivity contribution in [2.45, 2.75) is 12.6 Å². The third-order valence-electron chi connectivity index (χ3n) is 3.13. The summed E-state index contributed by atoms with van der Waals surface area (Å²) < 4.78 is 0. The van der Waals surface area contributed by atoms with E-state index in [4.69, 9.17) is 5.73 Å². The molecule has 104 valence electrons. The smallest absolute Gasteiger partial charge is 0.407 e. The largest absolute Gasteiger partial charge is 0.465 e. The molecule has 0 aliphatic heterocycles. The zero-order valence-corrected chi connectivity index (χ0v) is 11.1. The first kappa shape index (κ1) is 14.1. The first-order valence-electron chi connectivity index (χ1n) is 6.49. The second-order valence-electron chi connectivity index (χ2n) is 4.67. The van der Waals surface area contributed by atoms with Crippen LogP contribution in [0, 0.1) is 0 Å².